The minimum absolute atomic E-state index is 0.140. The van der Waals surface area contributed by atoms with Crippen LogP contribution >= 0.6 is 0 Å². The quantitative estimate of drug-likeness (QED) is 0.104. The van der Waals surface area contributed by atoms with Gasteiger partial charge in [0, 0.05) is 19.3 Å². The number of rotatable bonds is 20. The molecule has 3 unspecified atom stereocenters. The lowest BCUT2D eigenvalue weighted by Gasteiger charge is -2.15. The Morgan fingerprint density at radius 3 is 1.39 bits per heavy atom. The molecule has 0 aromatic carbocycles. The van der Waals surface area contributed by atoms with E-state index in [0.717, 1.165) is 44.8 Å². The minimum Gasteiger partial charge on any atom is -0.465 e. The van der Waals surface area contributed by atoms with E-state index in [1.165, 1.54) is 25.7 Å². The first-order valence-electron chi connectivity index (χ1n) is 13.6. The number of hydrogen-bond acceptors (Lipinski definition) is 5. The summed E-state index contributed by atoms with van der Waals surface area (Å²) in [6, 6.07) is 0. The molecule has 0 spiro atoms. The third-order valence-electron chi connectivity index (χ3n) is 6.25. The summed E-state index contributed by atoms with van der Waals surface area (Å²) in [4.78, 5) is 33.4. The molecule has 0 amide bonds. The molecule has 5 heteroatoms. The van der Waals surface area contributed by atoms with Gasteiger partial charge in [-0.05, 0) is 43.4 Å². The largest absolute Gasteiger partial charge is 0.465 e. The van der Waals surface area contributed by atoms with E-state index in [2.05, 4.69) is 41.5 Å². The van der Waals surface area contributed by atoms with Crippen molar-refractivity contribution in [2.75, 3.05) is 13.2 Å². The van der Waals surface area contributed by atoms with Gasteiger partial charge in [0.25, 0.3) is 0 Å². The van der Waals surface area contributed by atoms with Gasteiger partial charge in [-0.1, -0.05) is 86.5 Å². The third kappa shape index (κ3) is 23.6. The molecule has 0 fully saturated rings. The van der Waals surface area contributed by atoms with Crippen LogP contribution in [0.4, 0.5) is 0 Å². The molecule has 0 aliphatic heterocycles. The van der Waals surface area contributed by atoms with Crippen molar-refractivity contribution in [3.8, 4) is 0 Å². The Balaban J connectivity index is 0. The summed E-state index contributed by atoms with van der Waals surface area (Å²) in [5.74, 6) is 1.26. The second kappa shape index (κ2) is 25.2. The van der Waals surface area contributed by atoms with E-state index in [-0.39, 0.29) is 11.9 Å². The molecular weight excluding hydrogens is 416 g/mol. The topological polar surface area (TPSA) is 69.7 Å². The van der Waals surface area contributed by atoms with Gasteiger partial charge in [0.2, 0.25) is 0 Å². The molecule has 5 nitrogen and oxygen atoms in total. The van der Waals surface area contributed by atoms with E-state index in [1.807, 2.05) is 0 Å². The molecular formula is C28H54O5. The van der Waals surface area contributed by atoms with Crippen molar-refractivity contribution in [2.45, 2.75) is 131 Å². The number of ether oxygens (including phenoxy) is 2. The lowest BCUT2D eigenvalue weighted by Crippen LogP contribution is -2.15. The van der Waals surface area contributed by atoms with Gasteiger partial charge in [-0.2, -0.15) is 0 Å². The maximum absolute atomic E-state index is 11.8. The van der Waals surface area contributed by atoms with Crippen molar-refractivity contribution < 1.29 is 23.9 Å². The van der Waals surface area contributed by atoms with Gasteiger partial charge in [-0.3, -0.25) is 9.59 Å². The highest BCUT2D eigenvalue weighted by Gasteiger charge is 2.12. The zero-order valence-corrected chi connectivity index (χ0v) is 22.7. The minimum atomic E-state index is -0.140. The highest BCUT2D eigenvalue weighted by molar-refractivity contribution is 5.70. The van der Waals surface area contributed by atoms with Crippen molar-refractivity contribution >= 4 is 18.2 Å². The van der Waals surface area contributed by atoms with Crippen LogP contribution in [0.15, 0.2) is 0 Å². The lowest BCUT2D eigenvalue weighted by molar-refractivity contribution is -0.147. The van der Waals surface area contributed by atoms with E-state index < -0.39 is 0 Å². The molecule has 0 heterocycles. The fraction of sp³-hybridized carbons (Fsp3) is 0.893. The molecule has 0 aromatic heterocycles. The molecule has 3 atom stereocenters. The number of carbonyl (C=O) groups is 3. The Bertz CT molecular complexity index is 429. The SMILES string of the molecule is CCC(C)CC=O.CCCCC(CC)COC(=O)CCCCC(=O)OCC(CC)CCCC. The fourth-order valence-electron chi connectivity index (χ4n) is 3.23. The van der Waals surface area contributed by atoms with Crippen molar-refractivity contribution in [1.29, 1.82) is 0 Å². The Morgan fingerprint density at radius 1 is 0.697 bits per heavy atom. The van der Waals surface area contributed by atoms with Crippen LogP contribution in [0.2, 0.25) is 0 Å². The molecule has 0 radical (unpaired) electrons. The van der Waals surface area contributed by atoms with Crippen LogP contribution in [0.5, 0.6) is 0 Å². The van der Waals surface area contributed by atoms with Gasteiger partial charge in [-0.15, -0.1) is 0 Å². The standard InChI is InChI=1S/C22H42O4.C6H12O/c1-5-9-13-19(7-3)17-25-21(23)15-11-12-16-22(24)26-18-20(8-4)14-10-6-2;1-3-6(2)4-5-7/h19-20H,5-18H2,1-4H3;5-6H,3-4H2,1-2H3. The van der Waals surface area contributed by atoms with Gasteiger partial charge >= 0.3 is 11.9 Å². The monoisotopic (exact) mass is 470 g/mol. The van der Waals surface area contributed by atoms with E-state index >= 15 is 0 Å². The van der Waals surface area contributed by atoms with E-state index in [9.17, 15) is 14.4 Å². The highest BCUT2D eigenvalue weighted by Crippen LogP contribution is 2.15. The molecule has 0 saturated carbocycles. The van der Waals surface area contributed by atoms with Crippen molar-refractivity contribution in [2.24, 2.45) is 17.8 Å². The van der Waals surface area contributed by atoms with Crippen LogP contribution in [0.1, 0.15) is 131 Å². The Hall–Kier alpha value is -1.39. The zero-order chi connectivity index (χ0) is 25.3. The predicted octanol–water partition coefficient (Wildman–Crippen LogP) is 7.69. The fourth-order valence-corrected chi connectivity index (χ4v) is 3.23. The molecule has 0 saturated heterocycles. The first-order valence-corrected chi connectivity index (χ1v) is 13.6. The summed E-state index contributed by atoms with van der Waals surface area (Å²) in [6.45, 7) is 13.9. The number of hydrogen-bond donors (Lipinski definition) is 0. The molecule has 0 rings (SSSR count). The normalized spacial score (nSPS) is 13.3. The van der Waals surface area contributed by atoms with E-state index in [0.29, 0.717) is 56.7 Å². The third-order valence-corrected chi connectivity index (χ3v) is 6.25. The van der Waals surface area contributed by atoms with E-state index in [1.54, 1.807) is 0 Å². The highest BCUT2D eigenvalue weighted by atomic mass is 16.5. The Labute approximate surface area is 204 Å². The maximum Gasteiger partial charge on any atom is 0.305 e. The number of esters is 2. The Kier molecular flexibility index (Phi) is 25.8. The smallest absolute Gasteiger partial charge is 0.305 e. The van der Waals surface area contributed by atoms with Gasteiger partial charge in [0.1, 0.15) is 6.29 Å². The second-order valence-corrected chi connectivity index (χ2v) is 9.32. The molecule has 0 aliphatic rings. The summed E-state index contributed by atoms with van der Waals surface area (Å²) >= 11 is 0. The maximum atomic E-state index is 11.8. The number of unbranched alkanes of at least 4 members (excludes halogenated alkanes) is 3. The average Bonchev–Trinajstić information content (AvgIpc) is 2.82. The zero-order valence-electron chi connectivity index (χ0n) is 22.7. The van der Waals surface area contributed by atoms with Crippen molar-refractivity contribution in [1.82, 2.24) is 0 Å². The van der Waals surface area contributed by atoms with Crippen molar-refractivity contribution in [3.63, 3.8) is 0 Å². The van der Waals surface area contributed by atoms with Gasteiger partial charge < -0.3 is 14.3 Å². The van der Waals surface area contributed by atoms with Gasteiger partial charge in [0.15, 0.2) is 0 Å². The number of carbonyl (C=O) groups excluding carboxylic acids is 3. The average molecular weight is 471 g/mol. The van der Waals surface area contributed by atoms with Crippen LogP contribution in [0.3, 0.4) is 0 Å². The van der Waals surface area contributed by atoms with Gasteiger partial charge in [0.05, 0.1) is 13.2 Å². The lowest BCUT2D eigenvalue weighted by atomic mass is 10.0. The summed E-state index contributed by atoms with van der Waals surface area (Å²) in [5, 5.41) is 0. The molecule has 0 aliphatic carbocycles. The van der Waals surface area contributed by atoms with Crippen LogP contribution < -0.4 is 0 Å². The molecule has 0 N–H and O–H groups in total. The summed E-state index contributed by atoms with van der Waals surface area (Å²) in [6.07, 6.45) is 14.1. The van der Waals surface area contributed by atoms with Crippen molar-refractivity contribution in [3.05, 3.63) is 0 Å². The van der Waals surface area contributed by atoms with Gasteiger partial charge in [-0.25, -0.2) is 0 Å². The molecule has 0 aromatic rings. The van der Waals surface area contributed by atoms with Crippen LogP contribution in [0.25, 0.3) is 0 Å². The number of aldehydes is 1. The predicted molar refractivity (Wildman–Crippen MR) is 137 cm³/mol. The summed E-state index contributed by atoms with van der Waals surface area (Å²) in [7, 11) is 0. The summed E-state index contributed by atoms with van der Waals surface area (Å²) < 4.78 is 10.8. The molecule has 196 valence electrons. The van der Waals surface area contributed by atoms with Crippen LogP contribution in [0, 0.1) is 17.8 Å². The van der Waals surface area contributed by atoms with Crippen LogP contribution in [-0.4, -0.2) is 31.4 Å². The first kappa shape index (κ1) is 33.8. The molecule has 0 bridgehead atoms. The second-order valence-electron chi connectivity index (χ2n) is 9.32. The Morgan fingerprint density at radius 2 is 1.12 bits per heavy atom. The van der Waals surface area contributed by atoms with E-state index in [4.69, 9.17) is 9.47 Å². The summed E-state index contributed by atoms with van der Waals surface area (Å²) in [5.41, 5.74) is 0. The molecule has 33 heavy (non-hydrogen) atoms. The van der Waals surface area contributed by atoms with Crippen LogP contribution in [-0.2, 0) is 23.9 Å². The first-order chi connectivity index (χ1) is 15.9.